The number of fused-ring (bicyclic) bond motifs is 1. The van der Waals surface area contributed by atoms with Crippen LogP contribution in [-0.2, 0) is 6.54 Å². The van der Waals surface area contributed by atoms with E-state index in [9.17, 15) is 26.3 Å². The van der Waals surface area contributed by atoms with E-state index in [1.165, 1.54) is 12.1 Å². The van der Waals surface area contributed by atoms with Crippen LogP contribution >= 0.6 is 0 Å². The quantitative estimate of drug-likeness (QED) is 0.319. The lowest BCUT2D eigenvalue weighted by Crippen LogP contribution is -2.19. The molecule has 0 bridgehead atoms. The Morgan fingerprint density at radius 2 is 1.97 bits per heavy atom. The minimum absolute atomic E-state index is 0.183. The molecular weight excluding hydrogens is 474 g/mol. The summed E-state index contributed by atoms with van der Waals surface area (Å²) in [6.07, 6.45) is -1.47. The Labute approximate surface area is 199 Å². The molecule has 1 atom stereocenters. The number of halogens is 6. The minimum Gasteiger partial charge on any atom is -0.388 e. The molecule has 0 spiro atoms. The van der Waals surface area contributed by atoms with Gasteiger partial charge in [0.25, 0.3) is 0 Å². The summed E-state index contributed by atoms with van der Waals surface area (Å²) in [5.74, 6) is -0.409. The first-order chi connectivity index (χ1) is 16.5. The Balaban J connectivity index is 1.95. The van der Waals surface area contributed by atoms with Gasteiger partial charge in [0.05, 0.1) is 23.0 Å². The Hall–Kier alpha value is -3.24. The first-order valence-corrected chi connectivity index (χ1v) is 11.2. The molecule has 0 fully saturated rings. The first-order valence-electron chi connectivity index (χ1n) is 11.2. The normalized spacial score (nSPS) is 17.9. The lowest BCUT2D eigenvalue weighted by molar-refractivity contribution is -0.276. The number of alkyl halides is 6. The molecule has 35 heavy (non-hydrogen) atoms. The van der Waals surface area contributed by atoms with Gasteiger partial charge in [-0.05, 0) is 50.8 Å². The number of hydrogen-bond acceptors (Lipinski definition) is 4. The number of nitrogens with one attached hydrogen (secondary N) is 1. The smallest absolute Gasteiger partial charge is 0.388 e. The van der Waals surface area contributed by atoms with Crippen molar-refractivity contribution in [2.75, 3.05) is 5.32 Å². The van der Waals surface area contributed by atoms with E-state index in [1.54, 1.807) is 36.7 Å². The van der Waals surface area contributed by atoms with Crippen LogP contribution in [0.25, 0.3) is 5.57 Å². The molecule has 0 saturated carbocycles. The predicted octanol–water partition coefficient (Wildman–Crippen LogP) is 7.37. The molecule has 1 unspecified atom stereocenters. The van der Waals surface area contributed by atoms with Gasteiger partial charge in [-0.2, -0.15) is 23.3 Å². The van der Waals surface area contributed by atoms with E-state index in [0.717, 1.165) is 31.1 Å². The van der Waals surface area contributed by atoms with Gasteiger partial charge in [-0.15, -0.1) is 13.2 Å². The highest BCUT2D eigenvalue weighted by atomic mass is 19.4. The number of aryl methyl sites for hydroxylation is 1. The van der Waals surface area contributed by atoms with Crippen LogP contribution in [0.2, 0.25) is 0 Å². The predicted molar refractivity (Wildman–Crippen MR) is 121 cm³/mol. The Morgan fingerprint density at radius 3 is 2.63 bits per heavy atom. The second-order valence-electron chi connectivity index (χ2n) is 7.94. The average molecular weight is 500 g/mol. The van der Waals surface area contributed by atoms with Gasteiger partial charge in [0, 0.05) is 18.2 Å². The van der Waals surface area contributed by atoms with E-state index in [-0.39, 0.29) is 18.3 Å². The molecule has 1 aliphatic rings. The van der Waals surface area contributed by atoms with Crippen LogP contribution in [0, 0.1) is 0 Å². The molecule has 1 aliphatic heterocycles. The molecule has 3 rings (SSSR count). The van der Waals surface area contributed by atoms with E-state index < -0.39 is 24.0 Å². The van der Waals surface area contributed by atoms with E-state index in [4.69, 9.17) is 0 Å². The summed E-state index contributed by atoms with van der Waals surface area (Å²) >= 11 is 0. The summed E-state index contributed by atoms with van der Waals surface area (Å²) in [5, 5.41) is 7.68. The van der Waals surface area contributed by atoms with Crippen LogP contribution in [0.15, 0.2) is 54.1 Å². The standard InChI is InChI=1S/C24H26F6N4O/c1-3-8-16(14-17(9-4-2)23(25,26)27)19-15-20-18(10-5-6-13-34(20)33-19)31-21-11-7-12-22(32-21)35-24(28,29)30/h3,7-9,11-12,14-15,18H,4-6,10,13H2,1-2H3,(H,31,32)/b8-3-,16-14+,17-9-. The van der Waals surface area contributed by atoms with E-state index in [2.05, 4.69) is 20.1 Å². The number of ether oxygens (including phenoxy) is 1. The summed E-state index contributed by atoms with van der Waals surface area (Å²) < 4.78 is 83.7. The van der Waals surface area contributed by atoms with Gasteiger partial charge in [0.15, 0.2) is 0 Å². The number of hydrogen-bond donors (Lipinski definition) is 1. The third-order valence-corrected chi connectivity index (χ3v) is 5.25. The lowest BCUT2D eigenvalue weighted by Gasteiger charge is -2.18. The Bertz CT molecular complexity index is 1100. The van der Waals surface area contributed by atoms with E-state index >= 15 is 0 Å². The molecule has 0 aromatic carbocycles. The maximum atomic E-state index is 13.5. The fraction of sp³-hybridized carbons (Fsp3) is 0.417. The van der Waals surface area contributed by atoms with Crippen molar-refractivity contribution in [3.8, 4) is 5.88 Å². The van der Waals surface area contributed by atoms with Crippen LogP contribution in [0.5, 0.6) is 5.88 Å². The van der Waals surface area contributed by atoms with Gasteiger partial charge in [-0.25, -0.2) is 0 Å². The van der Waals surface area contributed by atoms with Crippen molar-refractivity contribution >= 4 is 11.4 Å². The molecule has 0 aliphatic carbocycles. The van der Waals surface area contributed by atoms with Gasteiger partial charge >= 0.3 is 12.5 Å². The van der Waals surface area contributed by atoms with Crippen molar-refractivity contribution in [3.63, 3.8) is 0 Å². The highest BCUT2D eigenvalue weighted by Gasteiger charge is 2.33. The summed E-state index contributed by atoms with van der Waals surface area (Å²) in [5.41, 5.74) is 0.643. The number of allylic oxidation sites excluding steroid dienone is 6. The molecule has 3 heterocycles. The number of pyridine rings is 1. The molecule has 11 heteroatoms. The summed E-state index contributed by atoms with van der Waals surface area (Å²) in [4.78, 5) is 3.88. The zero-order chi connectivity index (χ0) is 25.6. The molecule has 0 radical (unpaired) electrons. The Morgan fingerprint density at radius 1 is 1.20 bits per heavy atom. The maximum absolute atomic E-state index is 13.5. The molecule has 2 aromatic heterocycles. The monoisotopic (exact) mass is 500 g/mol. The first kappa shape index (κ1) is 26.4. The second-order valence-corrected chi connectivity index (χ2v) is 7.94. The van der Waals surface area contributed by atoms with Crippen LogP contribution in [-0.4, -0.2) is 27.3 Å². The largest absolute Gasteiger partial charge is 0.574 e. The van der Waals surface area contributed by atoms with Crippen molar-refractivity contribution in [2.45, 2.75) is 64.7 Å². The van der Waals surface area contributed by atoms with Gasteiger partial charge in [0.2, 0.25) is 5.88 Å². The third kappa shape index (κ3) is 7.37. The van der Waals surface area contributed by atoms with E-state index in [1.807, 2.05) is 0 Å². The highest BCUT2D eigenvalue weighted by Crippen LogP contribution is 2.33. The fourth-order valence-electron chi connectivity index (χ4n) is 3.82. The number of rotatable bonds is 7. The molecule has 5 nitrogen and oxygen atoms in total. The third-order valence-electron chi connectivity index (χ3n) is 5.25. The SMILES string of the molecule is C\C=C/C(=C\C(=C\CC)C(F)(F)F)c1cc2n(n1)CCCCC2Nc1cccc(OC(F)(F)F)n1. The van der Waals surface area contributed by atoms with Crippen molar-refractivity contribution in [1.82, 2.24) is 14.8 Å². The average Bonchev–Trinajstić information content (AvgIpc) is 3.09. The molecule has 2 aromatic rings. The topological polar surface area (TPSA) is 52.0 Å². The van der Waals surface area contributed by atoms with Crippen LogP contribution in [0.1, 0.15) is 57.0 Å². The number of aromatic nitrogens is 3. The second kappa shape index (κ2) is 11.0. The zero-order valence-corrected chi connectivity index (χ0v) is 19.2. The van der Waals surface area contributed by atoms with Crippen molar-refractivity contribution < 1.29 is 31.1 Å². The molecular formula is C24H26F6N4O. The van der Waals surface area contributed by atoms with Gasteiger partial charge in [-0.3, -0.25) is 4.68 Å². The minimum atomic E-state index is -4.86. The van der Waals surface area contributed by atoms with Crippen LogP contribution < -0.4 is 10.1 Å². The van der Waals surface area contributed by atoms with E-state index in [0.29, 0.717) is 29.9 Å². The van der Waals surface area contributed by atoms with Crippen molar-refractivity contribution in [3.05, 3.63) is 65.5 Å². The fourth-order valence-corrected chi connectivity index (χ4v) is 3.82. The molecule has 0 saturated heterocycles. The molecule has 0 amide bonds. The summed E-state index contributed by atoms with van der Waals surface area (Å²) in [6, 6.07) is 5.37. The zero-order valence-electron chi connectivity index (χ0n) is 19.2. The van der Waals surface area contributed by atoms with Gasteiger partial charge < -0.3 is 10.1 Å². The molecule has 1 N–H and O–H groups in total. The number of anilines is 1. The van der Waals surface area contributed by atoms with Gasteiger partial charge in [0.1, 0.15) is 5.82 Å². The summed E-state index contributed by atoms with van der Waals surface area (Å²) in [6.45, 7) is 3.91. The highest BCUT2D eigenvalue weighted by molar-refractivity contribution is 5.74. The lowest BCUT2D eigenvalue weighted by atomic mass is 10.0. The van der Waals surface area contributed by atoms with Crippen molar-refractivity contribution in [1.29, 1.82) is 0 Å². The number of nitrogens with zero attached hydrogens (tertiary/aromatic N) is 3. The maximum Gasteiger partial charge on any atom is 0.574 e. The van der Waals surface area contributed by atoms with Crippen LogP contribution in [0.4, 0.5) is 32.2 Å². The van der Waals surface area contributed by atoms with Gasteiger partial charge in [-0.1, -0.05) is 31.2 Å². The van der Waals surface area contributed by atoms with Crippen molar-refractivity contribution in [2.24, 2.45) is 0 Å². The Kier molecular flexibility index (Phi) is 8.29. The summed E-state index contributed by atoms with van der Waals surface area (Å²) in [7, 11) is 0. The van der Waals surface area contributed by atoms with Crippen LogP contribution in [0.3, 0.4) is 0 Å². The molecule has 190 valence electrons.